The Hall–Kier alpha value is -1.72. The zero-order valence-electron chi connectivity index (χ0n) is 11.1. The number of rotatable bonds is 3. The molecule has 0 bridgehead atoms. The minimum absolute atomic E-state index is 0.198. The van der Waals surface area contributed by atoms with Gasteiger partial charge in [-0.2, -0.15) is 0 Å². The van der Waals surface area contributed by atoms with Gasteiger partial charge in [-0.1, -0.05) is 17.7 Å². The molecular formula is C14H15ClN2O2S. The van der Waals surface area contributed by atoms with Crippen LogP contribution in [0.4, 0.5) is 17.1 Å². The molecule has 2 aromatic rings. The Morgan fingerprint density at radius 3 is 2.45 bits per heavy atom. The summed E-state index contributed by atoms with van der Waals surface area (Å²) in [4.78, 5) is 0.198. The van der Waals surface area contributed by atoms with E-state index in [1.807, 2.05) is 19.1 Å². The first-order valence-corrected chi connectivity index (χ1v) is 8.17. The maximum atomic E-state index is 11.5. The molecule has 4 nitrogen and oxygen atoms in total. The highest BCUT2D eigenvalue weighted by atomic mass is 35.5. The summed E-state index contributed by atoms with van der Waals surface area (Å²) in [6, 6.07) is 10.1. The molecule has 0 unspecified atom stereocenters. The van der Waals surface area contributed by atoms with Gasteiger partial charge in [0.15, 0.2) is 9.84 Å². The number of halogens is 1. The Morgan fingerprint density at radius 1 is 1.15 bits per heavy atom. The maximum Gasteiger partial charge on any atom is 0.175 e. The highest BCUT2D eigenvalue weighted by molar-refractivity contribution is 7.90. The van der Waals surface area contributed by atoms with Crippen LogP contribution in [0.1, 0.15) is 5.56 Å². The molecule has 0 atom stereocenters. The maximum absolute atomic E-state index is 11.5. The predicted molar refractivity (Wildman–Crippen MR) is 83.4 cm³/mol. The van der Waals surface area contributed by atoms with Gasteiger partial charge in [0, 0.05) is 17.0 Å². The van der Waals surface area contributed by atoms with E-state index in [0.29, 0.717) is 16.4 Å². The van der Waals surface area contributed by atoms with Crippen LogP contribution < -0.4 is 11.1 Å². The van der Waals surface area contributed by atoms with Crippen LogP contribution in [0.5, 0.6) is 0 Å². The summed E-state index contributed by atoms with van der Waals surface area (Å²) in [5.41, 5.74) is 8.64. The molecule has 6 heteroatoms. The number of benzene rings is 2. The molecule has 0 fully saturated rings. The zero-order valence-corrected chi connectivity index (χ0v) is 12.7. The first kappa shape index (κ1) is 14.7. The van der Waals surface area contributed by atoms with Crippen LogP contribution in [-0.2, 0) is 9.84 Å². The van der Waals surface area contributed by atoms with E-state index < -0.39 is 9.84 Å². The molecule has 0 saturated carbocycles. The Kier molecular flexibility index (Phi) is 3.92. The normalized spacial score (nSPS) is 11.3. The number of anilines is 3. The van der Waals surface area contributed by atoms with E-state index in [9.17, 15) is 8.42 Å². The van der Waals surface area contributed by atoms with Gasteiger partial charge in [0.2, 0.25) is 0 Å². The second-order valence-electron chi connectivity index (χ2n) is 4.56. The van der Waals surface area contributed by atoms with Crippen LogP contribution in [0, 0.1) is 6.92 Å². The molecule has 0 saturated heterocycles. The highest BCUT2D eigenvalue weighted by Gasteiger charge is 2.10. The molecule has 0 heterocycles. The van der Waals surface area contributed by atoms with Gasteiger partial charge in [-0.3, -0.25) is 0 Å². The third-order valence-electron chi connectivity index (χ3n) is 2.99. The van der Waals surface area contributed by atoms with E-state index >= 15 is 0 Å². The number of nitrogens with two attached hydrogens (primary N) is 1. The van der Waals surface area contributed by atoms with Crippen LogP contribution >= 0.6 is 11.6 Å². The monoisotopic (exact) mass is 310 g/mol. The van der Waals surface area contributed by atoms with Crippen molar-refractivity contribution in [1.82, 2.24) is 0 Å². The van der Waals surface area contributed by atoms with Crippen molar-refractivity contribution in [2.75, 3.05) is 17.3 Å². The van der Waals surface area contributed by atoms with Gasteiger partial charge in [-0.05, 0) is 42.8 Å². The average molecular weight is 311 g/mol. The molecule has 0 aliphatic rings. The van der Waals surface area contributed by atoms with E-state index in [1.54, 1.807) is 12.1 Å². The van der Waals surface area contributed by atoms with E-state index in [0.717, 1.165) is 17.5 Å². The fourth-order valence-electron chi connectivity index (χ4n) is 1.77. The summed E-state index contributed by atoms with van der Waals surface area (Å²) in [6.45, 7) is 1.89. The topological polar surface area (TPSA) is 72.2 Å². The number of nitrogens with one attached hydrogen (secondary N) is 1. The lowest BCUT2D eigenvalue weighted by atomic mass is 10.2. The minimum Gasteiger partial charge on any atom is -0.397 e. The van der Waals surface area contributed by atoms with Gasteiger partial charge in [0.25, 0.3) is 0 Å². The Morgan fingerprint density at radius 2 is 1.85 bits per heavy atom. The molecule has 2 rings (SSSR count). The van der Waals surface area contributed by atoms with Crippen LogP contribution in [0.15, 0.2) is 41.3 Å². The molecule has 20 heavy (non-hydrogen) atoms. The third kappa shape index (κ3) is 3.05. The van der Waals surface area contributed by atoms with Gasteiger partial charge in [0.1, 0.15) is 0 Å². The average Bonchev–Trinajstić information content (AvgIpc) is 2.36. The molecule has 0 spiro atoms. The molecule has 3 N–H and O–H groups in total. The minimum atomic E-state index is -3.26. The fraction of sp³-hybridized carbons (Fsp3) is 0.143. The lowest BCUT2D eigenvalue weighted by molar-refractivity contribution is 0.602. The van der Waals surface area contributed by atoms with E-state index in [1.165, 1.54) is 12.1 Å². The molecular weight excluding hydrogens is 296 g/mol. The smallest absolute Gasteiger partial charge is 0.175 e. The molecule has 2 aromatic carbocycles. The summed E-state index contributed by atoms with van der Waals surface area (Å²) in [5.74, 6) is 0. The predicted octanol–water partition coefficient (Wildman–Crippen LogP) is 3.38. The molecule has 0 aromatic heterocycles. The van der Waals surface area contributed by atoms with Crippen LogP contribution in [0.2, 0.25) is 5.02 Å². The fourth-order valence-corrected chi connectivity index (χ4v) is 2.60. The summed E-state index contributed by atoms with van der Waals surface area (Å²) in [7, 11) is -3.26. The van der Waals surface area contributed by atoms with Crippen molar-refractivity contribution in [2.24, 2.45) is 0 Å². The SMILES string of the molecule is Cc1c(Cl)cccc1Nc1ccc(S(C)(=O)=O)cc1N. The van der Waals surface area contributed by atoms with E-state index in [-0.39, 0.29) is 4.90 Å². The van der Waals surface area contributed by atoms with Crippen molar-refractivity contribution in [3.05, 3.63) is 47.0 Å². The first-order valence-electron chi connectivity index (χ1n) is 5.91. The summed E-state index contributed by atoms with van der Waals surface area (Å²) in [5, 5.41) is 3.81. The standard InChI is InChI=1S/C14H15ClN2O2S/c1-9-11(15)4-3-5-13(9)17-14-7-6-10(8-12(14)16)20(2,18)19/h3-8,17H,16H2,1-2H3. The molecule has 0 radical (unpaired) electrons. The lowest BCUT2D eigenvalue weighted by Crippen LogP contribution is -2.02. The van der Waals surface area contributed by atoms with Crippen molar-refractivity contribution in [1.29, 1.82) is 0 Å². The summed E-state index contributed by atoms with van der Waals surface area (Å²) >= 11 is 6.05. The second kappa shape index (κ2) is 5.34. The largest absolute Gasteiger partial charge is 0.397 e. The first-order chi connectivity index (χ1) is 9.29. The molecule has 106 valence electrons. The second-order valence-corrected chi connectivity index (χ2v) is 6.98. The molecule has 0 aliphatic carbocycles. The van der Waals surface area contributed by atoms with Crippen LogP contribution in [0.25, 0.3) is 0 Å². The Bertz CT molecular complexity index is 758. The zero-order chi connectivity index (χ0) is 14.9. The van der Waals surface area contributed by atoms with E-state index in [2.05, 4.69) is 5.32 Å². The number of nitrogen functional groups attached to an aromatic ring is 1. The van der Waals surface area contributed by atoms with Crippen molar-refractivity contribution >= 4 is 38.5 Å². The van der Waals surface area contributed by atoms with Gasteiger partial charge in [-0.25, -0.2) is 8.42 Å². The Balaban J connectivity index is 2.38. The van der Waals surface area contributed by atoms with E-state index in [4.69, 9.17) is 17.3 Å². The number of sulfone groups is 1. The molecule has 0 amide bonds. The Labute approximate surface area is 123 Å². The molecule has 0 aliphatic heterocycles. The third-order valence-corrected chi connectivity index (χ3v) is 4.51. The van der Waals surface area contributed by atoms with Crippen molar-refractivity contribution in [3.8, 4) is 0 Å². The summed E-state index contributed by atoms with van der Waals surface area (Å²) < 4.78 is 22.9. The number of hydrogen-bond donors (Lipinski definition) is 2. The summed E-state index contributed by atoms with van der Waals surface area (Å²) in [6.07, 6.45) is 1.15. The van der Waals surface area contributed by atoms with Crippen molar-refractivity contribution < 1.29 is 8.42 Å². The van der Waals surface area contributed by atoms with Gasteiger partial charge >= 0.3 is 0 Å². The van der Waals surface area contributed by atoms with Crippen molar-refractivity contribution in [3.63, 3.8) is 0 Å². The van der Waals surface area contributed by atoms with Gasteiger partial charge in [0.05, 0.1) is 16.3 Å². The quantitative estimate of drug-likeness (QED) is 0.852. The van der Waals surface area contributed by atoms with Crippen LogP contribution in [0.3, 0.4) is 0 Å². The lowest BCUT2D eigenvalue weighted by Gasteiger charge is -2.13. The van der Waals surface area contributed by atoms with Gasteiger partial charge < -0.3 is 11.1 Å². The van der Waals surface area contributed by atoms with Crippen molar-refractivity contribution in [2.45, 2.75) is 11.8 Å². The van der Waals surface area contributed by atoms with Gasteiger partial charge in [-0.15, -0.1) is 0 Å². The van der Waals surface area contributed by atoms with Crippen LogP contribution in [-0.4, -0.2) is 14.7 Å². The number of hydrogen-bond acceptors (Lipinski definition) is 4. The highest BCUT2D eigenvalue weighted by Crippen LogP contribution is 2.30.